The average molecular weight is 250 g/mol. The van der Waals surface area contributed by atoms with E-state index in [2.05, 4.69) is 48.5 Å². The SMILES string of the molecule is [B]C1(C)C(C)(O)C(CC)C(C)(C)C(C)(C)C1(C)C. The Kier molecular flexibility index (Phi) is 3.37. The Balaban J connectivity index is 3.59. The second-order valence-electron chi connectivity index (χ2n) is 8.28. The molecule has 1 aliphatic carbocycles. The third-order valence-electron chi connectivity index (χ3n) is 7.48. The van der Waals surface area contributed by atoms with Gasteiger partial charge in [-0.05, 0) is 34.4 Å². The van der Waals surface area contributed by atoms with E-state index in [4.69, 9.17) is 7.85 Å². The van der Waals surface area contributed by atoms with Crippen LogP contribution >= 0.6 is 0 Å². The van der Waals surface area contributed by atoms with E-state index in [1.54, 1.807) is 0 Å². The van der Waals surface area contributed by atoms with Crippen molar-refractivity contribution in [2.24, 2.45) is 22.2 Å². The summed E-state index contributed by atoms with van der Waals surface area (Å²) in [4.78, 5) is 0. The molecule has 1 N–H and O–H groups in total. The lowest BCUT2D eigenvalue weighted by molar-refractivity contribution is -0.232. The molecule has 1 nitrogen and oxygen atoms in total. The summed E-state index contributed by atoms with van der Waals surface area (Å²) in [6.07, 6.45) is 0.951. The third kappa shape index (κ3) is 1.45. The summed E-state index contributed by atoms with van der Waals surface area (Å²) in [7, 11) is 6.65. The van der Waals surface area contributed by atoms with E-state index < -0.39 is 10.9 Å². The molecule has 0 aliphatic heterocycles. The molecule has 0 amide bonds. The van der Waals surface area contributed by atoms with E-state index in [-0.39, 0.29) is 22.2 Å². The Morgan fingerprint density at radius 3 is 1.61 bits per heavy atom. The van der Waals surface area contributed by atoms with Gasteiger partial charge in [-0.1, -0.05) is 61.8 Å². The van der Waals surface area contributed by atoms with Crippen LogP contribution in [0.4, 0.5) is 0 Å². The molecule has 1 rings (SSSR count). The molecule has 0 heterocycles. The highest BCUT2D eigenvalue weighted by atomic mass is 16.3. The lowest BCUT2D eigenvalue weighted by atomic mass is 9.29. The first-order valence-electron chi connectivity index (χ1n) is 7.20. The second-order valence-corrected chi connectivity index (χ2v) is 8.28. The minimum Gasteiger partial charge on any atom is -0.390 e. The fourth-order valence-corrected chi connectivity index (χ4v) is 4.50. The largest absolute Gasteiger partial charge is 0.390 e. The van der Waals surface area contributed by atoms with Crippen LogP contribution in [0.1, 0.15) is 68.7 Å². The van der Waals surface area contributed by atoms with Gasteiger partial charge in [0.2, 0.25) is 0 Å². The quantitative estimate of drug-likeness (QED) is 0.691. The fourth-order valence-electron chi connectivity index (χ4n) is 4.50. The number of hydrogen-bond acceptors (Lipinski definition) is 1. The maximum Gasteiger partial charge on any atom is 0.0789 e. The van der Waals surface area contributed by atoms with Gasteiger partial charge in [0.05, 0.1) is 13.4 Å². The van der Waals surface area contributed by atoms with Crippen molar-refractivity contribution in [1.29, 1.82) is 0 Å². The minimum atomic E-state index is -0.857. The van der Waals surface area contributed by atoms with Crippen LogP contribution in [-0.4, -0.2) is 18.6 Å². The van der Waals surface area contributed by atoms with Gasteiger partial charge in [-0.25, -0.2) is 0 Å². The molecule has 0 aromatic carbocycles. The Morgan fingerprint density at radius 1 is 0.889 bits per heavy atom. The lowest BCUT2D eigenvalue weighted by Gasteiger charge is -2.72. The van der Waals surface area contributed by atoms with Crippen molar-refractivity contribution in [2.75, 3.05) is 0 Å². The Morgan fingerprint density at radius 2 is 1.28 bits per heavy atom. The van der Waals surface area contributed by atoms with Gasteiger partial charge in [0.25, 0.3) is 0 Å². The topological polar surface area (TPSA) is 20.2 Å². The zero-order valence-electron chi connectivity index (χ0n) is 13.8. The van der Waals surface area contributed by atoms with Crippen LogP contribution in [0.5, 0.6) is 0 Å². The van der Waals surface area contributed by atoms with Gasteiger partial charge < -0.3 is 5.11 Å². The predicted molar refractivity (Wildman–Crippen MR) is 79.9 cm³/mol. The van der Waals surface area contributed by atoms with Crippen molar-refractivity contribution in [3.8, 4) is 0 Å². The second kappa shape index (κ2) is 3.78. The van der Waals surface area contributed by atoms with E-state index in [0.29, 0.717) is 0 Å². The maximum absolute atomic E-state index is 11.1. The van der Waals surface area contributed by atoms with E-state index in [1.165, 1.54) is 0 Å². The molecule has 2 radical (unpaired) electrons. The predicted octanol–water partition coefficient (Wildman–Crippen LogP) is 4.20. The summed E-state index contributed by atoms with van der Waals surface area (Å²) >= 11 is 0. The van der Waals surface area contributed by atoms with Crippen molar-refractivity contribution < 1.29 is 5.11 Å². The van der Waals surface area contributed by atoms with Crippen LogP contribution in [0.3, 0.4) is 0 Å². The molecule has 104 valence electrons. The third-order valence-corrected chi connectivity index (χ3v) is 7.48. The highest BCUT2D eigenvalue weighted by molar-refractivity contribution is 6.16. The van der Waals surface area contributed by atoms with E-state index in [1.807, 2.05) is 13.8 Å². The van der Waals surface area contributed by atoms with Crippen LogP contribution in [0.25, 0.3) is 0 Å². The van der Waals surface area contributed by atoms with Gasteiger partial charge in [-0.3, -0.25) is 0 Å². The maximum atomic E-state index is 11.1. The van der Waals surface area contributed by atoms with Gasteiger partial charge in [-0.15, -0.1) is 0 Å². The number of hydrogen-bond donors (Lipinski definition) is 1. The first-order chi connectivity index (χ1) is 7.69. The molecular weight excluding hydrogens is 219 g/mol. The molecule has 1 aliphatic rings. The zero-order chi connectivity index (χ0) is 14.8. The van der Waals surface area contributed by atoms with Crippen LogP contribution in [0, 0.1) is 22.2 Å². The summed E-state index contributed by atoms with van der Waals surface area (Å²) in [5.41, 5.74) is -0.928. The highest BCUT2D eigenvalue weighted by Crippen LogP contribution is 2.73. The zero-order valence-corrected chi connectivity index (χ0v) is 13.8. The van der Waals surface area contributed by atoms with Crippen LogP contribution in [0.15, 0.2) is 0 Å². The summed E-state index contributed by atoms with van der Waals surface area (Å²) < 4.78 is 0. The van der Waals surface area contributed by atoms with Gasteiger partial charge in [0.1, 0.15) is 0 Å². The molecule has 3 unspecified atom stereocenters. The average Bonchev–Trinajstić information content (AvgIpc) is 2.15. The first-order valence-corrected chi connectivity index (χ1v) is 7.20. The molecule has 2 heteroatoms. The van der Waals surface area contributed by atoms with Crippen LogP contribution in [0.2, 0.25) is 5.31 Å². The summed E-state index contributed by atoms with van der Waals surface area (Å²) in [6.45, 7) is 19.7. The number of rotatable bonds is 1. The Labute approximate surface area is 115 Å². The summed E-state index contributed by atoms with van der Waals surface area (Å²) in [5.74, 6) is 0.197. The van der Waals surface area contributed by atoms with Crippen molar-refractivity contribution in [1.82, 2.24) is 0 Å². The van der Waals surface area contributed by atoms with E-state index in [9.17, 15) is 5.11 Å². The lowest BCUT2D eigenvalue weighted by Crippen LogP contribution is -2.69. The smallest absolute Gasteiger partial charge is 0.0789 e. The van der Waals surface area contributed by atoms with Gasteiger partial charge >= 0.3 is 0 Å². The van der Waals surface area contributed by atoms with Crippen molar-refractivity contribution in [2.45, 2.75) is 79.6 Å². The molecule has 1 saturated carbocycles. The van der Waals surface area contributed by atoms with Crippen LogP contribution in [-0.2, 0) is 0 Å². The summed E-state index contributed by atoms with van der Waals surface area (Å²) in [6, 6.07) is 0. The van der Waals surface area contributed by atoms with Crippen molar-refractivity contribution >= 4 is 7.85 Å². The van der Waals surface area contributed by atoms with E-state index in [0.717, 1.165) is 6.42 Å². The Bertz CT molecular complexity index is 307. The standard InChI is InChI=1S/C16H31BO/c1-10-11-12(2,3)13(4,5)14(6,7)16(9,17)15(11,8)18/h11,18H,10H2,1-9H3. The molecule has 0 saturated heterocycles. The molecule has 0 bridgehead atoms. The highest BCUT2D eigenvalue weighted by Gasteiger charge is 2.68. The fraction of sp³-hybridized carbons (Fsp3) is 1.00. The molecule has 0 aromatic heterocycles. The van der Waals surface area contributed by atoms with E-state index >= 15 is 0 Å². The van der Waals surface area contributed by atoms with Gasteiger partial charge in [0, 0.05) is 0 Å². The Hall–Kier alpha value is 0.0249. The molecular formula is C16H31BO. The normalized spacial score (nSPS) is 45.8. The monoisotopic (exact) mass is 250 g/mol. The first kappa shape index (κ1) is 16.1. The van der Waals surface area contributed by atoms with Crippen molar-refractivity contribution in [3.63, 3.8) is 0 Å². The summed E-state index contributed by atoms with van der Waals surface area (Å²) in [5, 5.41) is 10.5. The minimum absolute atomic E-state index is 0.0353. The molecule has 3 atom stereocenters. The van der Waals surface area contributed by atoms with Gasteiger partial charge in [-0.2, -0.15) is 0 Å². The molecule has 0 aromatic rings. The molecule has 1 fully saturated rings. The van der Waals surface area contributed by atoms with Crippen molar-refractivity contribution in [3.05, 3.63) is 0 Å². The molecule has 0 spiro atoms. The van der Waals surface area contributed by atoms with Crippen LogP contribution < -0.4 is 0 Å². The number of aliphatic hydroxyl groups is 1. The van der Waals surface area contributed by atoms with Gasteiger partial charge in [0.15, 0.2) is 0 Å². The molecule has 18 heavy (non-hydrogen) atoms.